The maximum absolute atomic E-state index is 5.33. The van der Waals surface area contributed by atoms with Crippen LogP contribution in [-0.2, 0) is 5.41 Å². The minimum Gasteiger partial charge on any atom is -0.264 e. The summed E-state index contributed by atoms with van der Waals surface area (Å²) in [6.07, 6.45) is 3.70. The molecule has 2 heterocycles. The molecule has 10 aromatic rings. The topological polar surface area (TPSA) is 38.7 Å². The number of rotatable bonds is 7. The second kappa shape index (κ2) is 14.3. The normalized spacial score (nSPS) is 12.5. The van der Waals surface area contributed by atoms with Gasteiger partial charge in [-0.2, -0.15) is 0 Å². The smallest absolute Gasteiger partial charge is 0.161 e. The van der Waals surface area contributed by atoms with Crippen molar-refractivity contribution in [3.63, 3.8) is 0 Å². The summed E-state index contributed by atoms with van der Waals surface area (Å²) in [5.74, 6) is 0.687. The van der Waals surface area contributed by atoms with E-state index in [1.165, 1.54) is 44.5 Å². The average Bonchev–Trinajstić information content (AvgIpc) is 3.63. The van der Waals surface area contributed by atoms with Crippen molar-refractivity contribution in [2.24, 2.45) is 0 Å². The van der Waals surface area contributed by atoms with E-state index in [0.29, 0.717) is 5.82 Å². The number of aromatic nitrogens is 3. The Balaban J connectivity index is 1.12. The molecule has 3 heteroatoms. The van der Waals surface area contributed by atoms with Crippen LogP contribution in [-0.4, -0.2) is 15.0 Å². The Morgan fingerprint density at radius 1 is 0.339 bits per heavy atom. The lowest BCUT2D eigenvalue weighted by Crippen LogP contribution is -2.28. The fourth-order valence-electron chi connectivity index (χ4n) is 9.31. The number of hydrogen-bond acceptors (Lipinski definition) is 3. The molecule has 0 spiro atoms. The van der Waals surface area contributed by atoms with E-state index in [1.54, 1.807) is 6.20 Å². The van der Waals surface area contributed by atoms with Gasteiger partial charge in [0.2, 0.25) is 0 Å². The van der Waals surface area contributed by atoms with Gasteiger partial charge in [-0.3, -0.25) is 4.98 Å². The molecule has 276 valence electrons. The van der Waals surface area contributed by atoms with Gasteiger partial charge in [0.05, 0.1) is 16.8 Å². The summed E-state index contributed by atoms with van der Waals surface area (Å²) in [7, 11) is 0. The second-order valence-corrected chi connectivity index (χ2v) is 15.1. The van der Waals surface area contributed by atoms with E-state index < -0.39 is 5.41 Å². The monoisotopic (exact) mass is 751 g/mol. The quantitative estimate of drug-likeness (QED) is 0.163. The molecule has 0 unspecified atom stereocenters. The highest BCUT2D eigenvalue weighted by atomic mass is 14.9. The zero-order chi connectivity index (χ0) is 39.2. The van der Waals surface area contributed by atoms with Gasteiger partial charge in [-0.1, -0.05) is 188 Å². The number of fused-ring (bicyclic) bond motifs is 4. The summed E-state index contributed by atoms with van der Waals surface area (Å²) in [4.78, 5) is 15.0. The Labute approximate surface area is 344 Å². The van der Waals surface area contributed by atoms with Crippen LogP contribution in [0.1, 0.15) is 22.3 Å². The van der Waals surface area contributed by atoms with E-state index in [1.807, 2.05) is 18.3 Å². The van der Waals surface area contributed by atoms with Crippen LogP contribution in [0.25, 0.3) is 78.1 Å². The van der Waals surface area contributed by atoms with E-state index in [2.05, 4.69) is 205 Å². The molecule has 0 saturated heterocycles. The summed E-state index contributed by atoms with van der Waals surface area (Å²) in [5.41, 5.74) is 16.5. The van der Waals surface area contributed by atoms with Gasteiger partial charge >= 0.3 is 0 Å². The van der Waals surface area contributed by atoms with Crippen LogP contribution >= 0.6 is 0 Å². The van der Waals surface area contributed by atoms with Gasteiger partial charge in [0.15, 0.2) is 5.82 Å². The first-order valence-electron chi connectivity index (χ1n) is 20.1. The highest BCUT2D eigenvalue weighted by molar-refractivity contribution is 6.08. The fourth-order valence-corrected chi connectivity index (χ4v) is 9.31. The van der Waals surface area contributed by atoms with Gasteiger partial charge in [0.25, 0.3) is 0 Å². The molecule has 2 aromatic heterocycles. The standard InChI is InChI=1S/C56H37N3/c1-4-17-38(18-5-1)52-36-53(40-20-14-19-39(35-40)41-21-16-34-57-37-41)59-55(58-52)48-33-32-46(44-26-10-11-27-45(44)48)47-29-15-31-51-54(47)49-28-12-13-30-50(49)56(51,42-22-6-2-7-23-42)43-24-8-3-9-25-43/h1-37H. The van der Waals surface area contributed by atoms with Crippen LogP contribution in [0, 0.1) is 0 Å². The van der Waals surface area contributed by atoms with Crippen molar-refractivity contribution in [3.8, 4) is 67.3 Å². The van der Waals surface area contributed by atoms with Gasteiger partial charge in [-0.25, -0.2) is 9.97 Å². The molecule has 8 aromatic carbocycles. The third kappa shape index (κ3) is 5.70. The third-order valence-corrected chi connectivity index (χ3v) is 11.9. The maximum atomic E-state index is 5.33. The maximum Gasteiger partial charge on any atom is 0.161 e. The van der Waals surface area contributed by atoms with Crippen molar-refractivity contribution in [2.75, 3.05) is 0 Å². The zero-order valence-corrected chi connectivity index (χ0v) is 32.2. The molecule has 1 aliphatic rings. The number of nitrogens with zero attached hydrogens (tertiary/aromatic N) is 3. The molecule has 1 aliphatic carbocycles. The third-order valence-electron chi connectivity index (χ3n) is 11.9. The minimum absolute atomic E-state index is 0.476. The second-order valence-electron chi connectivity index (χ2n) is 15.1. The Kier molecular flexibility index (Phi) is 8.37. The van der Waals surface area contributed by atoms with Crippen LogP contribution in [0.2, 0.25) is 0 Å². The molecule has 3 nitrogen and oxygen atoms in total. The zero-order valence-electron chi connectivity index (χ0n) is 32.2. The van der Waals surface area contributed by atoms with Crippen molar-refractivity contribution in [3.05, 3.63) is 247 Å². The van der Waals surface area contributed by atoms with Gasteiger partial charge < -0.3 is 0 Å². The first-order chi connectivity index (χ1) is 29.3. The fraction of sp³-hybridized carbons (Fsp3) is 0.0179. The molecule has 0 saturated carbocycles. The number of benzene rings is 8. The van der Waals surface area contributed by atoms with E-state index in [0.717, 1.165) is 50.0 Å². The van der Waals surface area contributed by atoms with Crippen molar-refractivity contribution in [1.29, 1.82) is 0 Å². The molecule has 0 fully saturated rings. The molecular formula is C56H37N3. The molecule has 0 radical (unpaired) electrons. The Bertz CT molecular complexity index is 3100. The van der Waals surface area contributed by atoms with E-state index in [4.69, 9.17) is 9.97 Å². The average molecular weight is 752 g/mol. The Morgan fingerprint density at radius 2 is 0.881 bits per heavy atom. The first kappa shape index (κ1) is 34.5. The predicted octanol–water partition coefficient (Wildman–Crippen LogP) is 13.7. The number of hydrogen-bond donors (Lipinski definition) is 0. The van der Waals surface area contributed by atoms with Crippen LogP contribution in [0.5, 0.6) is 0 Å². The van der Waals surface area contributed by atoms with Crippen LogP contribution < -0.4 is 0 Å². The molecule has 11 rings (SSSR count). The summed E-state index contributed by atoms with van der Waals surface area (Å²) in [6, 6.07) is 76.1. The molecule has 0 bridgehead atoms. The van der Waals surface area contributed by atoms with Crippen molar-refractivity contribution in [1.82, 2.24) is 15.0 Å². The molecule has 59 heavy (non-hydrogen) atoms. The lowest BCUT2D eigenvalue weighted by molar-refractivity contribution is 0.768. The lowest BCUT2D eigenvalue weighted by atomic mass is 9.67. The summed E-state index contributed by atoms with van der Waals surface area (Å²) >= 11 is 0. The first-order valence-corrected chi connectivity index (χ1v) is 20.1. The largest absolute Gasteiger partial charge is 0.264 e. The Hall–Kier alpha value is -7.75. The highest BCUT2D eigenvalue weighted by Gasteiger charge is 2.46. The summed E-state index contributed by atoms with van der Waals surface area (Å²) in [5, 5.41) is 2.26. The van der Waals surface area contributed by atoms with Gasteiger partial charge in [0.1, 0.15) is 0 Å². The van der Waals surface area contributed by atoms with Crippen LogP contribution in [0.3, 0.4) is 0 Å². The van der Waals surface area contributed by atoms with Crippen LogP contribution in [0.4, 0.5) is 0 Å². The van der Waals surface area contributed by atoms with Crippen molar-refractivity contribution in [2.45, 2.75) is 5.41 Å². The van der Waals surface area contributed by atoms with E-state index in [9.17, 15) is 0 Å². The van der Waals surface area contributed by atoms with Gasteiger partial charge in [-0.15, -0.1) is 0 Å². The molecule has 0 amide bonds. The van der Waals surface area contributed by atoms with E-state index in [-0.39, 0.29) is 0 Å². The Morgan fingerprint density at radius 3 is 1.61 bits per heavy atom. The van der Waals surface area contributed by atoms with Gasteiger partial charge in [-0.05, 0) is 85.1 Å². The molecule has 0 atom stereocenters. The van der Waals surface area contributed by atoms with E-state index >= 15 is 0 Å². The molecular weight excluding hydrogens is 715 g/mol. The summed E-state index contributed by atoms with van der Waals surface area (Å²) < 4.78 is 0. The highest BCUT2D eigenvalue weighted by Crippen LogP contribution is 2.58. The lowest BCUT2D eigenvalue weighted by Gasteiger charge is -2.34. The summed E-state index contributed by atoms with van der Waals surface area (Å²) in [6.45, 7) is 0. The predicted molar refractivity (Wildman–Crippen MR) is 242 cm³/mol. The van der Waals surface area contributed by atoms with Crippen molar-refractivity contribution >= 4 is 10.8 Å². The minimum atomic E-state index is -0.476. The van der Waals surface area contributed by atoms with Gasteiger partial charge in [0, 0.05) is 34.6 Å². The van der Waals surface area contributed by atoms with Crippen LogP contribution in [0.15, 0.2) is 225 Å². The SMILES string of the molecule is c1ccc(-c2cc(-c3cccc(-c4cccnc4)c3)nc(-c3ccc(-c4cccc5c4-c4ccccc4C5(c4ccccc4)c4ccccc4)c4ccccc34)n2)cc1. The molecule has 0 N–H and O–H groups in total. The number of pyridine rings is 1. The van der Waals surface area contributed by atoms with Crippen molar-refractivity contribution < 1.29 is 0 Å². The molecule has 0 aliphatic heterocycles.